The molecule has 0 radical (unpaired) electrons. The van der Waals surface area contributed by atoms with Crippen molar-refractivity contribution in [3.63, 3.8) is 0 Å². The summed E-state index contributed by atoms with van der Waals surface area (Å²) in [6.45, 7) is 1.68. The molecule has 1 aromatic rings. The zero-order valence-electron chi connectivity index (χ0n) is 17.4. The summed E-state index contributed by atoms with van der Waals surface area (Å²) in [6, 6.07) is 3.97. The first-order valence-electron chi connectivity index (χ1n) is 9.09. The Balaban J connectivity index is 0.000000675. The fourth-order valence-electron chi connectivity index (χ4n) is 2.64. The number of β-lactam (4-membered cyclic amide) rings is 1. The number of carboxylic acids is 2. The molecule has 1 heterocycles. The second-order valence-corrected chi connectivity index (χ2v) is 6.75. The summed E-state index contributed by atoms with van der Waals surface area (Å²) in [6.07, 6.45) is -5.08. The monoisotopic (exact) mass is 477 g/mol. The van der Waals surface area contributed by atoms with Crippen LogP contribution in [0.15, 0.2) is 35.5 Å². The molecule has 2 amide bonds. The number of nitrogens with one attached hydrogen (secondary N) is 1. The standard InChI is InChI=1S/C17H21N3O6.C2HF3O2/c1-9(8-26-2)14(17(24)25)20-7-12(16(20)23)19-15(22)13(18)10-3-5-11(21)6-4-10;3-2(4,5)1(6)7/h3-6,12-13,21H,7-8,18H2,1-2H3,(H,19,22)(H,24,25);(H,6,7)/b14-9-;. The fourth-order valence-corrected chi connectivity index (χ4v) is 2.64. The van der Waals surface area contributed by atoms with E-state index in [-0.39, 0.29) is 24.6 Å². The number of phenolic OH excluding ortho intramolecular Hbond substituents is 1. The van der Waals surface area contributed by atoms with Gasteiger partial charge in [0.25, 0.3) is 5.91 Å². The van der Waals surface area contributed by atoms with Crippen LogP contribution in [0.2, 0.25) is 0 Å². The number of nitrogens with two attached hydrogens (primary N) is 1. The highest BCUT2D eigenvalue weighted by atomic mass is 19.4. The lowest BCUT2D eigenvalue weighted by Crippen LogP contribution is -2.64. The SMILES string of the molecule is COC/C(C)=C(/C(=O)O)N1CC(NC(=O)C(N)c2ccc(O)cc2)C1=O.O=C(O)C(F)(F)F. The number of methoxy groups -OCH3 is 1. The highest BCUT2D eigenvalue weighted by Gasteiger charge is 2.43. The molecule has 33 heavy (non-hydrogen) atoms. The van der Waals surface area contributed by atoms with Crippen molar-refractivity contribution in [3.05, 3.63) is 41.1 Å². The maximum atomic E-state index is 12.3. The molecule has 2 unspecified atom stereocenters. The molecule has 2 rings (SSSR count). The summed E-state index contributed by atoms with van der Waals surface area (Å²) in [5, 5.41) is 28.2. The maximum Gasteiger partial charge on any atom is 0.490 e. The molecule has 182 valence electrons. The van der Waals surface area contributed by atoms with E-state index >= 15 is 0 Å². The maximum absolute atomic E-state index is 12.3. The molecule has 1 fully saturated rings. The number of aliphatic carboxylic acids is 2. The largest absolute Gasteiger partial charge is 0.508 e. The van der Waals surface area contributed by atoms with Crippen LogP contribution < -0.4 is 11.1 Å². The number of carbonyl (C=O) groups excluding carboxylic acids is 2. The third kappa shape index (κ3) is 7.47. The zero-order valence-corrected chi connectivity index (χ0v) is 17.4. The molecular formula is C19H22F3N3O8. The number of carboxylic acid groups (broad SMARTS) is 2. The van der Waals surface area contributed by atoms with Crippen molar-refractivity contribution in [2.24, 2.45) is 5.73 Å². The highest BCUT2D eigenvalue weighted by Crippen LogP contribution is 2.22. The number of benzene rings is 1. The third-order valence-electron chi connectivity index (χ3n) is 4.26. The van der Waals surface area contributed by atoms with Gasteiger partial charge < -0.3 is 36.0 Å². The number of aromatic hydroxyl groups is 1. The summed E-state index contributed by atoms with van der Waals surface area (Å²) in [4.78, 5) is 45.9. The minimum atomic E-state index is -5.08. The van der Waals surface area contributed by atoms with Gasteiger partial charge in [0.1, 0.15) is 23.5 Å². The lowest BCUT2D eigenvalue weighted by atomic mass is 10.0. The van der Waals surface area contributed by atoms with Gasteiger partial charge in [-0.3, -0.25) is 9.59 Å². The van der Waals surface area contributed by atoms with E-state index in [2.05, 4.69) is 5.32 Å². The lowest BCUT2D eigenvalue weighted by molar-refractivity contribution is -0.192. The van der Waals surface area contributed by atoms with Crippen LogP contribution in [-0.4, -0.2) is 76.5 Å². The fraction of sp³-hybridized carbons (Fsp3) is 0.368. The number of halogens is 3. The smallest absolute Gasteiger partial charge is 0.490 e. The molecule has 1 saturated heterocycles. The van der Waals surface area contributed by atoms with Crippen LogP contribution in [0, 0.1) is 0 Å². The molecule has 0 aliphatic carbocycles. The molecule has 1 aliphatic rings. The van der Waals surface area contributed by atoms with E-state index in [1.807, 2.05) is 0 Å². The predicted molar refractivity (Wildman–Crippen MR) is 105 cm³/mol. The van der Waals surface area contributed by atoms with Crippen LogP contribution in [0.25, 0.3) is 0 Å². The second kappa shape index (κ2) is 11.3. The van der Waals surface area contributed by atoms with Crippen LogP contribution in [0.4, 0.5) is 13.2 Å². The van der Waals surface area contributed by atoms with Crippen molar-refractivity contribution in [1.29, 1.82) is 0 Å². The van der Waals surface area contributed by atoms with Crippen molar-refractivity contribution in [2.75, 3.05) is 20.3 Å². The number of hydrogen-bond donors (Lipinski definition) is 5. The van der Waals surface area contributed by atoms with Gasteiger partial charge in [-0.25, -0.2) is 9.59 Å². The van der Waals surface area contributed by atoms with Gasteiger partial charge in [-0.1, -0.05) is 12.1 Å². The Kier molecular flexibility index (Phi) is 9.36. The van der Waals surface area contributed by atoms with Gasteiger partial charge in [0.2, 0.25) is 5.91 Å². The number of rotatable bonds is 7. The van der Waals surface area contributed by atoms with Gasteiger partial charge in [0.05, 0.1) is 13.2 Å². The van der Waals surface area contributed by atoms with Crippen LogP contribution >= 0.6 is 0 Å². The first-order chi connectivity index (χ1) is 15.2. The van der Waals surface area contributed by atoms with Crippen LogP contribution in [0.1, 0.15) is 18.5 Å². The minimum absolute atomic E-state index is 0.0373. The van der Waals surface area contributed by atoms with Crippen molar-refractivity contribution in [2.45, 2.75) is 25.2 Å². The Morgan fingerprint density at radius 2 is 1.76 bits per heavy atom. The predicted octanol–water partition coefficient (Wildman–Crippen LogP) is 0.357. The van der Waals surface area contributed by atoms with E-state index < -0.39 is 42.0 Å². The minimum Gasteiger partial charge on any atom is -0.508 e. The molecule has 0 spiro atoms. The molecule has 0 aromatic heterocycles. The number of phenols is 1. The molecule has 14 heteroatoms. The first kappa shape index (κ1) is 27.4. The topological polar surface area (TPSA) is 179 Å². The summed E-state index contributed by atoms with van der Waals surface area (Å²) in [5.41, 5.74) is 6.58. The molecule has 11 nitrogen and oxygen atoms in total. The Morgan fingerprint density at radius 1 is 1.24 bits per heavy atom. The zero-order chi connectivity index (χ0) is 25.5. The van der Waals surface area contributed by atoms with E-state index in [9.17, 15) is 37.8 Å². The van der Waals surface area contributed by atoms with Gasteiger partial charge in [-0.15, -0.1) is 0 Å². The quantitative estimate of drug-likeness (QED) is 0.274. The average Bonchev–Trinajstić information content (AvgIpc) is 2.72. The Labute approximate surface area is 185 Å². The molecule has 1 aliphatic heterocycles. The summed E-state index contributed by atoms with van der Waals surface area (Å²) >= 11 is 0. The van der Waals surface area contributed by atoms with E-state index in [4.69, 9.17) is 20.4 Å². The Bertz CT molecular complexity index is 931. The number of hydrogen-bond acceptors (Lipinski definition) is 7. The number of likely N-dealkylation sites (tertiary alicyclic amines) is 1. The number of amides is 2. The van der Waals surface area contributed by atoms with Crippen molar-refractivity contribution < 1.29 is 52.4 Å². The summed E-state index contributed by atoms with van der Waals surface area (Å²) in [5.74, 6) is -5.04. The van der Waals surface area contributed by atoms with Gasteiger partial charge in [0, 0.05) is 7.11 Å². The number of ether oxygens (including phenoxy) is 1. The third-order valence-corrected chi connectivity index (χ3v) is 4.26. The second-order valence-electron chi connectivity index (χ2n) is 6.75. The Hall–Kier alpha value is -3.65. The van der Waals surface area contributed by atoms with Crippen LogP contribution in [-0.2, 0) is 23.9 Å². The molecule has 0 saturated carbocycles. The van der Waals surface area contributed by atoms with Gasteiger partial charge >= 0.3 is 18.1 Å². The van der Waals surface area contributed by atoms with Crippen molar-refractivity contribution in [1.82, 2.24) is 10.2 Å². The van der Waals surface area contributed by atoms with E-state index in [1.165, 1.54) is 31.4 Å². The summed E-state index contributed by atoms with van der Waals surface area (Å²) in [7, 11) is 1.43. The molecule has 2 atom stereocenters. The van der Waals surface area contributed by atoms with Crippen LogP contribution in [0.3, 0.4) is 0 Å². The first-order valence-corrected chi connectivity index (χ1v) is 9.09. The normalized spacial score (nSPS) is 17.1. The molecule has 1 aromatic carbocycles. The molecule has 6 N–H and O–H groups in total. The van der Waals surface area contributed by atoms with E-state index in [0.717, 1.165) is 4.90 Å². The number of carbonyl (C=O) groups is 4. The van der Waals surface area contributed by atoms with Crippen LogP contribution in [0.5, 0.6) is 5.75 Å². The van der Waals surface area contributed by atoms with Gasteiger partial charge in [-0.2, -0.15) is 13.2 Å². The van der Waals surface area contributed by atoms with E-state index in [0.29, 0.717) is 11.1 Å². The Morgan fingerprint density at radius 3 is 2.15 bits per heavy atom. The lowest BCUT2D eigenvalue weighted by Gasteiger charge is -2.39. The summed E-state index contributed by atoms with van der Waals surface area (Å²) < 4.78 is 36.6. The van der Waals surface area contributed by atoms with Gasteiger partial charge in [0.15, 0.2) is 0 Å². The molecular weight excluding hydrogens is 455 g/mol. The average molecular weight is 477 g/mol. The molecule has 0 bridgehead atoms. The van der Waals surface area contributed by atoms with E-state index in [1.54, 1.807) is 6.92 Å². The van der Waals surface area contributed by atoms with Crippen molar-refractivity contribution >= 4 is 23.8 Å². The number of nitrogens with zero attached hydrogens (tertiary/aromatic N) is 1. The highest BCUT2D eigenvalue weighted by molar-refractivity contribution is 6.00. The van der Waals surface area contributed by atoms with Gasteiger partial charge in [-0.05, 0) is 30.2 Å². The van der Waals surface area contributed by atoms with Crippen molar-refractivity contribution in [3.8, 4) is 5.75 Å². The number of alkyl halides is 3.